The second-order valence-electron chi connectivity index (χ2n) is 2.95. The predicted molar refractivity (Wildman–Crippen MR) is 72.0 cm³/mol. The van der Waals surface area contributed by atoms with Gasteiger partial charge in [0, 0.05) is 6.42 Å². The molecule has 0 aliphatic heterocycles. The van der Waals surface area contributed by atoms with Gasteiger partial charge in [0.25, 0.3) is 0 Å². The lowest BCUT2D eigenvalue weighted by Gasteiger charge is -1.87. The van der Waals surface area contributed by atoms with Gasteiger partial charge >= 0.3 is 23.5 Å². The van der Waals surface area contributed by atoms with E-state index in [1.807, 2.05) is 6.92 Å². The summed E-state index contributed by atoms with van der Waals surface area (Å²) in [5, 5.41) is 0. The van der Waals surface area contributed by atoms with Crippen molar-refractivity contribution in [3.05, 3.63) is 18.5 Å². The summed E-state index contributed by atoms with van der Waals surface area (Å²) in [6.45, 7) is 2.01. The monoisotopic (exact) mass is 403 g/mol. The van der Waals surface area contributed by atoms with Gasteiger partial charge in [-0.25, -0.2) is 28.6 Å². The summed E-state index contributed by atoms with van der Waals surface area (Å²) in [5.41, 5.74) is 0. The van der Waals surface area contributed by atoms with Gasteiger partial charge in [-0.05, 0) is 0 Å². The lowest BCUT2D eigenvalue weighted by atomic mass is 10.5. The zero-order chi connectivity index (χ0) is 19.3. The van der Waals surface area contributed by atoms with Crippen molar-refractivity contribution >= 4 is 23.5 Å². The Kier molecular flexibility index (Phi) is 15.0. The Labute approximate surface area is 129 Å². The minimum atomic E-state index is -4.64. The van der Waals surface area contributed by atoms with Gasteiger partial charge in [-0.1, -0.05) is 6.92 Å². The summed E-state index contributed by atoms with van der Waals surface area (Å²) in [6.07, 6.45) is 3.89. The van der Waals surface area contributed by atoms with Gasteiger partial charge in [-0.15, -0.1) is 0 Å². The Morgan fingerprint density at radius 1 is 0.739 bits per heavy atom. The number of hydrogen-bond acceptors (Lipinski definition) is 6. The molecule has 0 radical (unpaired) electrons. The Bertz CT molecular complexity index is 464. The minimum absolute atomic E-state index is 0.847. The summed E-state index contributed by atoms with van der Waals surface area (Å²) in [5.74, 6) is 0.847. The Hall–Kier alpha value is -0.660. The molecule has 138 valence electrons. The molecule has 0 spiro atoms. The molecule has 23 heavy (non-hydrogen) atoms. The van der Waals surface area contributed by atoms with Gasteiger partial charge in [0.05, 0.1) is 0 Å². The van der Waals surface area contributed by atoms with E-state index in [9.17, 15) is 0 Å². The van der Waals surface area contributed by atoms with Crippen LogP contribution in [0.2, 0.25) is 0 Å². The van der Waals surface area contributed by atoms with Gasteiger partial charge in [0.2, 0.25) is 0 Å². The first-order valence-corrected chi connectivity index (χ1v) is 9.58. The van der Waals surface area contributed by atoms with E-state index in [0.29, 0.717) is 0 Å². The van der Waals surface area contributed by atoms with Crippen molar-refractivity contribution in [1.82, 2.24) is 15.0 Å². The average Bonchev–Trinajstić information content (AvgIpc) is 2.23. The molecule has 0 atom stereocenters. The third-order valence-electron chi connectivity index (χ3n) is 0.863. The molecule has 0 aliphatic rings. The maximum Gasteiger partial charge on any atom is 0.466 e. The third-order valence-corrected chi connectivity index (χ3v) is 0.863. The summed E-state index contributed by atoms with van der Waals surface area (Å²) in [4.78, 5) is 76.1. The summed E-state index contributed by atoms with van der Waals surface area (Å²) < 4.78 is 26.6. The van der Waals surface area contributed by atoms with Crippen LogP contribution in [0.15, 0.2) is 12.7 Å². The first-order chi connectivity index (χ1) is 9.93. The molecule has 0 saturated heterocycles. The van der Waals surface area contributed by atoms with Gasteiger partial charge in [-0.2, -0.15) is 0 Å². The molecule has 15 nitrogen and oxygen atoms in total. The van der Waals surface area contributed by atoms with E-state index in [1.54, 1.807) is 0 Å². The molecule has 0 amide bonds. The zero-order valence-corrected chi connectivity index (χ0v) is 14.0. The summed E-state index contributed by atoms with van der Waals surface area (Å²) in [7, 11) is -13.9. The summed E-state index contributed by atoms with van der Waals surface area (Å²) in [6, 6.07) is 0. The molecule has 1 rings (SSSR count). The van der Waals surface area contributed by atoms with Crippen LogP contribution in [0.1, 0.15) is 12.7 Å². The molecular formula is C5H16N3O12P3. The zero-order valence-electron chi connectivity index (χ0n) is 11.3. The van der Waals surface area contributed by atoms with Crippen molar-refractivity contribution in [2.75, 3.05) is 0 Å². The minimum Gasteiger partial charge on any atom is -0.303 e. The Morgan fingerprint density at radius 2 is 0.957 bits per heavy atom. The fraction of sp³-hybridized carbons (Fsp3) is 0.400. The second kappa shape index (κ2) is 12.7. The lowest BCUT2D eigenvalue weighted by molar-refractivity contribution is 0.272. The van der Waals surface area contributed by atoms with Crippen LogP contribution >= 0.6 is 23.5 Å². The highest BCUT2D eigenvalue weighted by molar-refractivity contribution is 7.45. The Morgan fingerprint density at radius 3 is 1.09 bits per heavy atom. The van der Waals surface area contributed by atoms with Gasteiger partial charge in [0.15, 0.2) is 0 Å². The van der Waals surface area contributed by atoms with Crippen LogP contribution in [-0.2, 0) is 20.1 Å². The van der Waals surface area contributed by atoms with Crippen LogP contribution in [-0.4, -0.2) is 59.0 Å². The van der Waals surface area contributed by atoms with Crippen molar-refractivity contribution in [3.63, 3.8) is 0 Å². The van der Waals surface area contributed by atoms with Crippen LogP contribution in [0.4, 0.5) is 0 Å². The third kappa shape index (κ3) is 91.5. The molecule has 0 aliphatic carbocycles. The smallest absolute Gasteiger partial charge is 0.303 e. The Balaban J connectivity index is -0.000000240. The fourth-order valence-electron chi connectivity index (χ4n) is 0.446. The van der Waals surface area contributed by atoms with Crippen molar-refractivity contribution in [2.24, 2.45) is 0 Å². The molecule has 0 unspecified atom stereocenters. The number of aryl methyl sites for hydroxylation is 1. The molecular weight excluding hydrogens is 387 g/mol. The maximum absolute atomic E-state index is 8.88. The quantitative estimate of drug-likeness (QED) is 0.222. The number of hydrogen-bond donors (Lipinski definition) is 9. The highest BCUT2D eigenvalue weighted by Crippen LogP contribution is 2.26. The molecule has 1 aromatic heterocycles. The van der Waals surface area contributed by atoms with Crippen LogP contribution in [0.5, 0.6) is 0 Å². The molecule has 0 aromatic carbocycles. The van der Waals surface area contributed by atoms with Crippen molar-refractivity contribution in [2.45, 2.75) is 13.3 Å². The molecule has 0 bridgehead atoms. The van der Waals surface area contributed by atoms with E-state index in [0.717, 1.165) is 12.2 Å². The molecule has 9 N–H and O–H groups in total. The normalized spacial score (nSPS) is 10.9. The summed E-state index contributed by atoms with van der Waals surface area (Å²) >= 11 is 0. The van der Waals surface area contributed by atoms with E-state index in [4.69, 9.17) is 57.7 Å². The second-order valence-corrected chi connectivity index (χ2v) is 6.03. The van der Waals surface area contributed by atoms with Crippen LogP contribution < -0.4 is 0 Å². The topological polar surface area (TPSA) is 272 Å². The van der Waals surface area contributed by atoms with E-state index in [1.165, 1.54) is 12.7 Å². The number of rotatable bonds is 1. The number of phosphoric acid groups is 3. The first kappa shape index (κ1) is 27.2. The molecule has 18 heteroatoms. The first-order valence-electron chi connectivity index (χ1n) is 4.89. The van der Waals surface area contributed by atoms with Crippen LogP contribution in [0, 0.1) is 0 Å². The van der Waals surface area contributed by atoms with E-state index >= 15 is 0 Å². The van der Waals surface area contributed by atoms with Crippen LogP contribution in [0.25, 0.3) is 0 Å². The standard InChI is InChI=1S/C5H7N3.3H3O4P/c1-2-5-7-3-6-4-8-5;3*1-5(2,3)4/h3-4H,2H2,1H3;3*(H3,1,2,3,4). The van der Waals surface area contributed by atoms with E-state index in [2.05, 4.69) is 15.0 Å². The highest BCUT2D eigenvalue weighted by Gasteiger charge is 2.01. The van der Waals surface area contributed by atoms with Gasteiger partial charge in [-0.3, -0.25) is 0 Å². The number of aromatic nitrogens is 3. The average molecular weight is 403 g/mol. The van der Waals surface area contributed by atoms with Crippen molar-refractivity contribution in [3.8, 4) is 0 Å². The van der Waals surface area contributed by atoms with E-state index < -0.39 is 23.5 Å². The molecule has 1 aromatic rings. The van der Waals surface area contributed by atoms with E-state index in [-0.39, 0.29) is 0 Å². The van der Waals surface area contributed by atoms with Crippen LogP contribution in [0.3, 0.4) is 0 Å². The van der Waals surface area contributed by atoms with Gasteiger partial charge in [0.1, 0.15) is 18.5 Å². The predicted octanol–water partition coefficient (Wildman–Crippen LogP) is -2.35. The number of nitrogens with zero attached hydrogens (tertiary/aromatic N) is 3. The SMILES string of the molecule is CCc1ncncn1.O=P(O)(O)O.O=P(O)(O)O.O=P(O)(O)O. The lowest BCUT2D eigenvalue weighted by Crippen LogP contribution is -1.90. The highest BCUT2D eigenvalue weighted by atomic mass is 31.2. The maximum atomic E-state index is 8.88. The van der Waals surface area contributed by atoms with Crippen molar-refractivity contribution < 1.29 is 57.7 Å². The van der Waals surface area contributed by atoms with Crippen molar-refractivity contribution in [1.29, 1.82) is 0 Å². The molecule has 0 fully saturated rings. The van der Waals surface area contributed by atoms with Gasteiger partial charge < -0.3 is 44.0 Å². The molecule has 1 heterocycles. The largest absolute Gasteiger partial charge is 0.466 e. The molecule has 0 saturated carbocycles. The fourth-order valence-corrected chi connectivity index (χ4v) is 0.446.